The first-order valence-corrected chi connectivity index (χ1v) is 5.95. The fraction of sp³-hybridized carbons (Fsp3) is 0.833. The van der Waals surface area contributed by atoms with Crippen molar-refractivity contribution in [3.05, 3.63) is 0 Å². The number of hydrogen-bond donors (Lipinski definition) is 1. The quantitative estimate of drug-likeness (QED) is 0.791. The second-order valence-electron chi connectivity index (χ2n) is 4.40. The van der Waals surface area contributed by atoms with Gasteiger partial charge < -0.3 is 10.1 Å². The molecule has 4 nitrogen and oxygen atoms in total. The van der Waals surface area contributed by atoms with E-state index in [1.54, 1.807) is 0 Å². The molecule has 1 aliphatic rings. The van der Waals surface area contributed by atoms with Crippen molar-refractivity contribution < 1.29 is 9.53 Å². The lowest BCUT2D eigenvalue weighted by Crippen LogP contribution is -2.50. The summed E-state index contributed by atoms with van der Waals surface area (Å²) in [6, 6.07) is 2.19. The van der Waals surface area contributed by atoms with Crippen molar-refractivity contribution in [2.75, 3.05) is 0 Å². The fourth-order valence-electron chi connectivity index (χ4n) is 1.92. The molecule has 2 atom stereocenters. The topological polar surface area (TPSA) is 62.1 Å². The predicted molar refractivity (Wildman–Crippen MR) is 60.6 cm³/mol. The van der Waals surface area contributed by atoms with Crippen molar-refractivity contribution in [1.82, 2.24) is 5.32 Å². The van der Waals surface area contributed by atoms with Crippen LogP contribution in [-0.2, 0) is 9.53 Å². The normalized spacial score (nSPS) is 25.1. The molecule has 1 rings (SSSR count). The van der Waals surface area contributed by atoms with E-state index >= 15 is 0 Å². The molecule has 0 radical (unpaired) electrons. The maximum Gasteiger partial charge on any atom is 0.250 e. The zero-order valence-electron chi connectivity index (χ0n) is 10.2. The summed E-state index contributed by atoms with van der Waals surface area (Å²) in [5.41, 5.74) is -0.730. The number of amides is 1. The Labute approximate surface area is 97.0 Å². The standard InChI is InChI=1S/C12H20N2O2/c1-4-12(5-2,8-13)14-11(15)10-7-6-9(3)16-10/h9-10H,4-7H2,1-3H3,(H,14,15). The van der Waals surface area contributed by atoms with Crippen LogP contribution >= 0.6 is 0 Å². The summed E-state index contributed by atoms with van der Waals surface area (Å²) >= 11 is 0. The summed E-state index contributed by atoms with van der Waals surface area (Å²) in [6.07, 6.45) is 2.68. The SMILES string of the molecule is CCC(C#N)(CC)NC(=O)C1CCC(C)O1. The van der Waals surface area contributed by atoms with Gasteiger partial charge in [-0.2, -0.15) is 5.26 Å². The molecule has 2 unspecified atom stereocenters. The van der Waals surface area contributed by atoms with Gasteiger partial charge in [0.05, 0.1) is 12.2 Å². The lowest BCUT2D eigenvalue weighted by atomic mass is 9.94. The van der Waals surface area contributed by atoms with Crippen LogP contribution in [0.25, 0.3) is 0 Å². The molecule has 0 aliphatic carbocycles. The Morgan fingerprint density at radius 1 is 1.50 bits per heavy atom. The highest BCUT2D eigenvalue weighted by Crippen LogP contribution is 2.21. The van der Waals surface area contributed by atoms with Crippen molar-refractivity contribution in [2.24, 2.45) is 0 Å². The lowest BCUT2D eigenvalue weighted by molar-refractivity contribution is -0.133. The molecule has 0 aromatic carbocycles. The van der Waals surface area contributed by atoms with Crippen molar-refractivity contribution in [1.29, 1.82) is 5.26 Å². The summed E-state index contributed by atoms with van der Waals surface area (Å²) < 4.78 is 5.48. The second kappa shape index (κ2) is 5.31. The monoisotopic (exact) mass is 224 g/mol. The Morgan fingerprint density at radius 2 is 2.12 bits per heavy atom. The van der Waals surface area contributed by atoms with Gasteiger partial charge in [-0.3, -0.25) is 4.79 Å². The zero-order valence-corrected chi connectivity index (χ0v) is 10.2. The molecule has 1 amide bonds. The minimum Gasteiger partial charge on any atom is -0.365 e. The number of nitriles is 1. The smallest absolute Gasteiger partial charge is 0.250 e. The molecule has 0 aromatic rings. The Kier molecular flexibility index (Phi) is 4.31. The number of rotatable bonds is 4. The van der Waals surface area contributed by atoms with Crippen LogP contribution in [-0.4, -0.2) is 23.7 Å². The minimum atomic E-state index is -0.730. The van der Waals surface area contributed by atoms with E-state index in [2.05, 4.69) is 11.4 Å². The Balaban J connectivity index is 2.59. The molecule has 1 fully saturated rings. The summed E-state index contributed by atoms with van der Waals surface area (Å²) in [5, 5.41) is 11.9. The molecular formula is C12H20N2O2. The molecule has 1 N–H and O–H groups in total. The van der Waals surface area contributed by atoms with E-state index < -0.39 is 5.54 Å². The van der Waals surface area contributed by atoms with Crippen LogP contribution in [0.15, 0.2) is 0 Å². The van der Waals surface area contributed by atoms with Gasteiger partial charge in [-0.05, 0) is 32.6 Å². The van der Waals surface area contributed by atoms with Crippen LogP contribution in [0.1, 0.15) is 46.5 Å². The Morgan fingerprint density at radius 3 is 2.50 bits per heavy atom. The fourth-order valence-corrected chi connectivity index (χ4v) is 1.92. The zero-order chi connectivity index (χ0) is 12.2. The van der Waals surface area contributed by atoms with Crippen LogP contribution in [0, 0.1) is 11.3 Å². The van der Waals surface area contributed by atoms with Crippen molar-refractivity contribution >= 4 is 5.91 Å². The number of carbonyl (C=O) groups is 1. The molecule has 90 valence electrons. The van der Waals surface area contributed by atoms with Crippen molar-refractivity contribution in [3.8, 4) is 6.07 Å². The molecule has 4 heteroatoms. The largest absolute Gasteiger partial charge is 0.365 e. The van der Waals surface area contributed by atoms with E-state index in [9.17, 15) is 4.79 Å². The molecule has 0 saturated carbocycles. The summed E-state index contributed by atoms with van der Waals surface area (Å²) in [7, 11) is 0. The number of hydrogen-bond acceptors (Lipinski definition) is 3. The molecule has 0 aromatic heterocycles. The van der Waals surface area contributed by atoms with Gasteiger partial charge in [0.15, 0.2) is 0 Å². The molecule has 1 heterocycles. The van der Waals surface area contributed by atoms with Gasteiger partial charge in [0.2, 0.25) is 5.91 Å². The molecule has 0 spiro atoms. The number of ether oxygens (including phenoxy) is 1. The van der Waals surface area contributed by atoms with Crippen LogP contribution in [0.2, 0.25) is 0 Å². The minimum absolute atomic E-state index is 0.144. The maximum atomic E-state index is 11.9. The van der Waals surface area contributed by atoms with Crippen molar-refractivity contribution in [3.63, 3.8) is 0 Å². The number of carbonyl (C=O) groups excluding carboxylic acids is 1. The average molecular weight is 224 g/mol. The predicted octanol–water partition coefficient (Wildman–Crippen LogP) is 1.75. The summed E-state index contributed by atoms with van der Waals surface area (Å²) in [4.78, 5) is 11.9. The van der Waals surface area contributed by atoms with Crippen molar-refractivity contribution in [2.45, 2.75) is 64.2 Å². The highest BCUT2D eigenvalue weighted by atomic mass is 16.5. The Hall–Kier alpha value is -1.08. The van der Waals surface area contributed by atoms with E-state index in [4.69, 9.17) is 10.00 Å². The van der Waals surface area contributed by atoms with Crippen LogP contribution in [0.4, 0.5) is 0 Å². The third-order valence-corrected chi connectivity index (χ3v) is 3.31. The van der Waals surface area contributed by atoms with E-state index in [-0.39, 0.29) is 18.1 Å². The molecule has 1 aliphatic heterocycles. The third kappa shape index (κ3) is 2.73. The molecule has 0 bridgehead atoms. The van der Waals surface area contributed by atoms with E-state index in [1.807, 2.05) is 20.8 Å². The number of nitrogens with zero attached hydrogens (tertiary/aromatic N) is 1. The van der Waals surface area contributed by atoms with E-state index in [1.165, 1.54) is 0 Å². The Bertz CT molecular complexity index is 292. The first kappa shape index (κ1) is 13.0. The third-order valence-electron chi connectivity index (χ3n) is 3.31. The van der Waals surface area contributed by atoms with E-state index in [0.717, 1.165) is 12.8 Å². The van der Waals surface area contributed by atoms with Gasteiger partial charge >= 0.3 is 0 Å². The van der Waals surface area contributed by atoms with Gasteiger partial charge in [0, 0.05) is 0 Å². The first-order chi connectivity index (χ1) is 7.56. The van der Waals surface area contributed by atoms with Crippen LogP contribution in [0.5, 0.6) is 0 Å². The lowest BCUT2D eigenvalue weighted by Gasteiger charge is -2.26. The van der Waals surface area contributed by atoms with Crippen LogP contribution < -0.4 is 5.32 Å². The van der Waals surface area contributed by atoms with E-state index in [0.29, 0.717) is 12.8 Å². The summed E-state index contributed by atoms with van der Waals surface area (Å²) in [6.45, 7) is 5.78. The van der Waals surface area contributed by atoms with Gasteiger partial charge in [0.25, 0.3) is 0 Å². The first-order valence-electron chi connectivity index (χ1n) is 5.95. The van der Waals surface area contributed by atoms with Gasteiger partial charge in [-0.15, -0.1) is 0 Å². The van der Waals surface area contributed by atoms with Crippen LogP contribution in [0.3, 0.4) is 0 Å². The highest BCUT2D eigenvalue weighted by Gasteiger charge is 2.34. The average Bonchev–Trinajstić information content (AvgIpc) is 2.73. The van der Waals surface area contributed by atoms with Gasteiger partial charge in [0.1, 0.15) is 11.6 Å². The summed E-state index contributed by atoms with van der Waals surface area (Å²) in [5.74, 6) is -0.144. The highest BCUT2D eigenvalue weighted by molar-refractivity contribution is 5.82. The van der Waals surface area contributed by atoms with Gasteiger partial charge in [-0.1, -0.05) is 13.8 Å². The number of nitrogens with one attached hydrogen (secondary N) is 1. The molecular weight excluding hydrogens is 204 g/mol. The molecule has 16 heavy (non-hydrogen) atoms. The maximum absolute atomic E-state index is 11.9. The molecule has 1 saturated heterocycles. The second-order valence-corrected chi connectivity index (χ2v) is 4.40. The van der Waals surface area contributed by atoms with Gasteiger partial charge in [-0.25, -0.2) is 0 Å².